The zero-order chi connectivity index (χ0) is 15.2. The summed E-state index contributed by atoms with van der Waals surface area (Å²) in [6.45, 7) is 11.0. The lowest BCUT2D eigenvalue weighted by Gasteiger charge is -2.24. The number of rotatable bonds is 7. The van der Waals surface area contributed by atoms with Crippen molar-refractivity contribution in [3.05, 3.63) is 46.7 Å². The fourth-order valence-corrected chi connectivity index (χ4v) is 3.52. The minimum atomic E-state index is 0.379. The van der Waals surface area contributed by atoms with Crippen LogP contribution < -0.4 is 10.2 Å². The van der Waals surface area contributed by atoms with Crippen molar-refractivity contribution < 1.29 is 0 Å². The molecule has 1 aromatic heterocycles. The number of anilines is 2. The number of thiophene rings is 1. The monoisotopic (exact) mass is 302 g/mol. The predicted octanol–water partition coefficient (Wildman–Crippen LogP) is 5.40. The summed E-state index contributed by atoms with van der Waals surface area (Å²) in [6, 6.07) is 13.5. The maximum Gasteiger partial charge on any atom is 0.0629 e. The smallest absolute Gasteiger partial charge is 0.0629 e. The molecule has 0 aliphatic heterocycles. The Labute approximate surface area is 132 Å². The molecule has 3 heteroatoms. The number of hydrogen-bond acceptors (Lipinski definition) is 3. The van der Waals surface area contributed by atoms with E-state index in [1.54, 1.807) is 0 Å². The molecule has 2 rings (SSSR count). The number of nitrogens with one attached hydrogen (secondary N) is 1. The summed E-state index contributed by atoms with van der Waals surface area (Å²) in [4.78, 5) is 3.76. The van der Waals surface area contributed by atoms with Gasteiger partial charge in [-0.15, -0.1) is 11.3 Å². The van der Waals surface area contributed by atoms with Gasteiger partial charge < -0.3 is 10.2 Å². The summed E-state index contributed by atoms with van der Waals surface area (Å²) in [6.07, 6.45) is 0. The van der Waals surface area contributed by atoms with Gasteiger partial charge >= 0.3 is 0 Å². The van der Waals surface area contributed by atoms with Crippen molar-refractivity contribution in [1.82, 2.24) is 0 Å². The van der Waals surface area contributed by atoms with Gasteiger partial charge in [-0.1, -0.05) is 19.9 Å². The fourth-order valence-electron chi connectivity index (χ4n) is 2.57. The van der Waals surface area contributed by atoms with E-state index in [-0.39, 0.29) is 0 Å². The van der Waals surface area contributed by atoms with E-state index < -0.39 is 0 Å². The zero-order valence-electron chi connectivity index (χ0n) is 13.5. The molecular formula is C18H26N2S. The molecule has 2 nitrogen and oxygen atoms in total. The largest absolute Gasteiger partial charge is 0.377 e. The lowest BCUT2D eigenvalue weighted by molar-refractivity contribution is 0.554. The van der Waals surface area contributed by atoms with E-state index in [0.29, 0.717) is 12.0 Å². The first-order chi connectivity index (χ1) is 10.2. The van der Waals surface area contributed by atoms with Crippen LogP contribution in [0.2, 0.25) is 0 Å². The Morgan fingerprint density at radius 1 is 1.05 bits per heavy atom. The van der Waals surface area contributed by atoms with E-state index >= 15 is 0 Å². The van der Waals surface area contributed by atoms with Crippen LogP contribution in [0, 0.1) is 5.92 Å². The molecule has 0 fully saturated rings. The first-order valence-electron chi connectivity index (χ1n) is 7.80. The second-order valence-electron chi connectivity index (χ2n) is 5.60. The second kappa shape index (κ2) is 7.51. The predicted molar refractivity (Wildman–Crippen MR) is 95.5 cm³/mol. The Bertz CT molecular complexity index is 513. The average molecular weight is 302 g/mol. The van der Waals surface area contributed by atoms with Crippen molar-refractivity contribution in [3.63, 3.8) is 0 Å². The highest BCUT2D eigenvalue weighted by Gasteiger charge is 2.16. The average Bonchev–Trinajstić information content (AvgIpc) is 3.01. The van der Waals surface area contributed by atoms with Gasteiger partial charge in [-0.25, -0.2) is 0 Å². The Morgan fingerprint density at radius 2 is 1.71 bits per heavy atom. The van der Waals surface area contributed by atoms with Crippen molar-refractivity contribution in [1.29, 1.82) is 0 Å². The molecule has 0 aliphatic rings. The van der Waals surface area contributed by atoms with Crippen LogP contribution in [-0.2, 0) is 0 Å². The molecule has 0 radical (unpaired) electrons. The topological polar surface area (TPSA) is 15.3 Å². The van der Waals surface area contributed by atoms with E-state index in [4.69, 9.17) is 0 Å². The van der Waals surface area contributed by atoms with E-state index in [9.17, 15) is 0 Å². The van der Waals surface area contributed by atoms with Gasteiger partial charge in [-0.3, -0.25) is 0 Å². The molecule has 1 atom stereocenters. The van der Waals surface area contributed by atoms with Crippen LogP contribution in [0.25, 0.3) is 0 Å². The Kier molecular flexibility index (Phi) is 5.68. The first-order valence-corrected chi connectivity index (χ1v) is 8.68. The SMILES string of the molecule is CCN(CC)c1ccc(NC(c2cccs2)C(C)C)cc1. The second-order valence-corrected chi connectivity index (χ2v) is 6.58. The molecule has 1 N–H and O–H groups in total. The molecule has 0 aliphatic carbocycles. The fraction of sp³-hybridized carbons (Fsp3) is 0.444. The van der Waals surface area contributed by atoms with E-state index in [1.807, 2.05) is 11.3 Å². The molecule has 0 saturated carbocycles. The quantitative estimate of drug-likeness (QED) is 0.736. The maximum absolute atomic E-state index is 3.67. The molecule has 0 bridgehead atoms. The summed E-state index contributed by atoms with van der Waals surface area (Å²) < 4.78 is 0. The van der Waals surface area contributed by atoms with Gasteiger partial charge in [0.1, 0.15) is 0 Å². The van der Waals surface area contributed by atoms with E-state index in [0.717, 1.165) is 13.1 Å². The minimum Gasteiger partial charge on any atom is -0.377 e. The van der Waals surface area contributed by atoms with Crippen molar-refractivity contribution in [2.24, 2.45) is 5.92 Å². The van der Waals surface area contributed by atoms with Crippen LogP contribution in [0.3, 0.4) is 0 Å². The van der Waals surface area contributed by atoms with E-state index in [1.165, 1.54) is 16.3 Å². The summed E-state index contributed by atoms with van der Waals surface area (Å²) in [7, 11) is 0. The molecular weight excluding hydrogens is 276 g/mol. The Hall–Kier alpha value is -1.48. The van der Waals surface area contributed by atoms with Gasteiger partial charge in [0.2, 0.25) is 0 Å². The lowest BCUT2D eigenvalue weighted by atomic mass is 10.0. The third-order valence-corrected chi connectivity index (χ3v) is 4.79. The van der Waals surface area contributed by atoms with Gasteiger partial charge in [-0.2, -0.15) is 0 Å². The van der Waals surface area contributed by atoms with Crippen LogP contribution in [0.4, 0.5) is 11.4 Å². The third kappa shape index (κ3) is 4.01. The highest BCUT2D eigenvalue weighted by molar-refractivity contribution is 7.10. The molecule has 0 saturated heterocycles. The van der Waals surface area contributed by atoms with Crippen molar-refractivity contribution in [2.45, 2.75) is 33.7 Å². The molecule has 1 heterocycles. The van der Waals surface area contributed by atoms with Gasteiger partial charge in [0.05, 0.1) is 6.04 Å². The number of nitrogens with zero attached hydrogens (tertiary/aromatic N) is 1. The number of benzene rings is 1. The highest BCUT2D eigenvalue weighted by atomic mass is 32.1. The lowest BCUT2D eigenvalue weighted by Crippen LogP contribution is -2.21. The third-order valence-electron chi connectivity index (χ3n) is 3.83. The first kappa shape index (κ1) is 15.9. The van der Waals surface area contributed by atoms with Crippen LogP contribution in [0.1, 0.15) is 38.6 Å². The van der Waals surface area contributed by atoms with Crippen LogP contribution >= 0.6 is 11.3 Å². The standard InChI is InChI=1S/C18H26N2S/c1-5-20(6-2)16-11-9-15(10-12-16)19-18(14(3)4)17-8-7-13-21-17/h7-14,18-19H,5-6H2,1-4H3. The van der Waals surface area contributed by atoms with Crippen LogP contribution in [0.5, 0.6) is 0 Å². The normalized spacial score (nSPS) is 12.4. The zero-order valence-corrected chi connectivity index (χ0v) is 14.3. The molecule has 1 aromatic carbocycles. The molecule has 114 valence electrons. The maximum atomic E-state index is 3.67. The minimum absolute atomic E-state index is 0.379. The molecule has 0 spiro atoms. The summed E-state index contributed by atoms with van der Waals surface area (Å²) in [5.41, 5.74) is 2.49. The molecule has 21 heavy (non-hydrogen) atoms. The highest BCUT2D eigenvalue weighted by Crippen LogP contribution is 2.30. The van der Waals surface area contributed by atoms with Gasteiger partial charge in [0, 0.05) is 29.3 Å². The van der Waals surface area contributed by atoms with Gasteiger partial charge in [-0.05, 0) is 55.5 Å². The molecule has 1 unspecified atom stereocenters. The Morgan fingerprint density at radius 3 is 2.19 bits per heavy atom. The Balaban J connectivity index is 2.11. The summed E-state index contributed by atoms with van der Waals surface area (Å²) in [5.74, 6) is 0.561. The number of hydrogen-bond donors (Lipinski definition) is 1. The molecule has 0 amide bonds. The van der Waals surface area contributed by atoms with Crippen molar-refractivity contribution >= 4 is 22.7 Å². The summed E-state index contributed by atoms with van der Waals surface area (Å²) >= 11 is 1.82. The van der Waals surface area contributed by atoms with Crippen molar-refractivity contribution in [2.75, 3.05) is 23.3 Å². The van der Waals surface area contributed by atoms with Crippen molar-refractivity contribution in [3.8, 4) is 0 Å². The van der Waals surface area contributed by atoms with E-state index in [2.05, 4.69) is 79.7 Å². The summed E-state index contributed by atoms with van der Waals surface area (Å²) in [5, 5.41) is 5.82. The van der Waals surface area contributed by atoms with Gasteiger partial charge in [0.25, 0.3) is 0 Å². The van der Waals surface area contributed by atoms with Crippen LogP contribution in [0.15, 0.2) is 41.8 Å². The van der Waals surface area contributed by atoms with Crippen LogP contribution in [-0.4, -0.2) is 13.1 Å². The molecule has 2 aromatic rings. The van der Waals surface area contributed by atoms with Gasteiger partial charge in [0.15, 0.2) is 0 Å².